The lowest BCUT2D eigenvalue weighted by atomic mass is 9.95. The van der Waals surface area contributed by atoms with Crippen LogP contribution in [-0.4, -0.2) is 17.6 Å². The van der Waals surface area contributed by atoms with Crippen molar-refractivity contribution in [2.24, 2.45) is 0 Å². The van der Waals surface area contributed by atoms with Crippen LogP contribution in [0.5, 0.6) is 0 Å². The normalized spacial score (nSPS) is 16.8. The molecule has 0 saturated carbocycles. The van der Waals surface area contributed by atoms with E-state index in [0.717, 1.165) is 16.7 Å². The van der Waals surface area contributed by atoms with E-state index in [2.05, 4.69) is 5.32 Å². The number of hydrogen-bond donors (Lipinski definition) is 1. The lowest BCUT2D eigenvalue weighted by Gasteiger charge is -2.25. The molecule has 32 heavy (non-hydrogen) atoms. The Morgan fingerprint density at radius 3 is 2.53 bits per heavy atom. The number of rotatable bonds is 6. The van der Waals surface area contributed by atoms with Crippen LogP contribution in [0.4, 0.5) is 15.8 Å². The maximum atomic E-state index is 14.5. The molecule has 2 atom stereocenters. The van der Waals surface area contributed by atoms with Gasteiger partial charge < -0.3 is 5.32 Å². The van der Waals surface area contributed by atoms with Crippen molar-refractivity contribution >= 4 is 35.0 Å². The first kappa shape index (κ1) is 22.1. The van der Waals surface area contributed by atoms with Crippen molar-refractivity contribution in [3.63, 3.8) is 0 Å². The van der Waals surface area contributed by atoms with Gasteiger partial charge in [0.15, 0.2) is 0 Å². The molecule has 1 N–H and O–H groups in total. The monoisotopic (exact) mass is 448 g/mol. The summed E-state index contributed by atoms with van der Waals surface area (Å²) >= 11 is 1.47. The molecule has 0 unspecified atom stereocenters. The molecule has 6 heteroatoms. The quantitative estimate of drug-likeness (QED) is 0.500. The predicted octanol–water partition coefficient (Wildman–Crippen LogP) is 6.05. The Balaban J connectivity index is 1.52. The van der Waals surface area contributed by atoms with Crippen LogP contribution < -0.4 is 10.2 Å². The minimum atomic E-state index is -0.410. The van der Waals surface area contributed by atoms with Crippen molar-refractivity contribution in [1.29, 1.82) is 0 Å². The summed E-state index contributed by atoms with van der Waals surface area (Å²) in [5.74, 6) is -0.507. The molecule has 1 aliphatic rings. The Hall–Kier alpha value is -3.12. The van der Waals surface area contributed by atoms with Crippen molar-refractivity contribution in [3.8, 4) is 0 Å². The van der Waals surface area contributed by atoms with E-state index < -0.39 is 5.82 Å². The molecule has 3 aromatic carbocycles. The van der Waals surface area contributed by atoms with E-state index in [4.69, 9.17) is 0 Å². The molecule has 164 valence electrons. The predicted molar refractivity (Wildman–Crippen MR) is 128 cm³/mol. The number of nitrogens with one attached hydrogen (secondary N) is 1. The molecular weight excluding hydrogens is 423 g/mol. The number of amides is 2. The molecule has 1 heterocycles. The van der Waals surface area contributed by atoms with Crippen molar-refractivity contribution in [2.45, 2.75) is 31.6 Å². The van der Waals surface area contributed by atoms with Gasteiger partial charge in [-0.1, -0.05) is 55.5 Å². The largest absolute Gasteiger partial charge is 0.326 e. The fourth-order valence-corrected chi connectivity index (χ4v) is 5.13. The maximum Gasteiger partial charge on any atom is 0.238 e. The third kappa shape index (κ3) is 4.55. The van der Waals surface area contributed by atoms with Gasteiger partial charge in [-0.25, -0.2) is 4.39 Å². The Bertz CT molecular complexity index is 1120. The fraction of sp³-hybridized carbons (Fsp3) is 0.231. The first-order valence-electron chi connectivity index (χ1n) is 10.6. The number of benzene rings is 3. The summed E-state index contributed by atoms with van der Waals surface area (Å²) in [6.45, 7) is 3.87. The van der Waals surface area contributed by atoms with E-state index in [1.807, 2.05) is 68.4 Å². The number of anilines is 2. The number of carbonyl (C=O) groups is 2. The highest BCUT2D eigenvalue weighted by Gasteiger charge is 2.35. The summed E-state index contributed by atoms with van der Waals surface area (Å²) in [5, 5.41) is 2.68. The molecular formula is C26H25FN2O2S. The third-order valence-corrected chi connectivity index (χ3v) is 6.83. The van der Waals surface area contributed by atoms with Crippen LogP contribution in [-0.2, 0) is 9.59 Å². The van der Waals surface area contributed by atoms with Gasteiger partial charge in [-0.05, 0) is 54.3 Å². The summed E-state index contributed by atoms with van der Waals surface area (Å²) in [6.07, 6.45) is 0.700. The van der Waals surface area contributed by atoms with Crippen molar-refractivity contribution in [2.75, 3.05) is 16.0 Å². The van der Waals surface area contributed by atoms with Crippen molar-refractivity contribution < 1.29 is 14.0 Å². The van der Waals surface area contributed by atoms with Gasteiger partial charge in [0.1, 0.15) is 11.2 Å². The minimum absolute atomic E-state index is 0.0553. The smallest absolute Gasteiger partial charge is 0.238 e. The third-order valence-electron chi connectivity index (χ3n) is 5.62. The van der Waals surface area contributed by atoms with Gasteiger partial charge in [-0.3, -0.25) is 14.5 Å². The van der Waals surface area contributed by atoms with Gasteiger partial charge in [-0.15, -0.1) is 11.8 Å². The molecule has 1 saturated heterocycles. The van der Waals surface area contributed by atoms with Gasteiger partial charge >= 0.3 is 0 Å². The molecule has 0 radical (unpaired) electrons. The zero-order valence-electron chi connectivity index (χ0n) is 18.0. The standard InChI is InChI=1S/C26H25FN2O2S/c1-3-21(18-7-5-4-6-8-18)25(31)28-20-12-10-19(11-13-20)26-29(24(30)16-32-26)23-15-17(2)9-14-22(23)27/h4-15,21,26H,3,16H2,1-2H3,(H,28,31)/t21-,26+/m1/s1. The van der Waals surface area contributed by atoms with Crippen molar-refractivity contribution in [3.05, 3.63) is 95.3 Å². The highest BCUT2D eigenvalue weighted by Crippen LogP contribution is 2.43. The fourth-order valence-electron chi connectivity index (χ4n) is 3.96. The molecule has 0 aromatic heterocycles. The van der Waals surface area contributed by atoms with Crippen LogP contribution in [0.25, 0.3) is 0 Å². The highest BCUT2D eigenvalue weighted by molar-refractivity contribution is 8.00. The molecule has 2 amide bonds. The number of carbonyl (C=O) groups excluding carboxylic acids is 2. The topological polar surface area (TPSA) is 49.4 Å². The second kappa shape index (κ2) is 9.57. The van der Waals surface area contributed by atoms with Crippen molar-refractivity contribution in [1.82, 2.24) is 0 Å². The van der Waals surface area contributed by atoms with Crippen LogP contribution in [0.1, 0.15) is 41.3 Å². The molecule has 1 fully saturated rings. The zero-order chi connectivity index (χ0) is 22.7. The number of halogens is 1. The maximum absolute atomic E-state index is 14.5. The average molecular weight is 449 g/mol. The summed E-state index contributed by atoms with van der Waals surface area (Å²) in [6, 6.07) is 22.0. The van der Waals surface area contributed by atoms with E-state index in [0.29, 0.717) is 23.5 Å². The summed E-state index contributed by atoms with van der Waals surface area (Å²) in [7, 11) is 0. The number of aryl methyl sites for hydroxylation is 1. The number of hydrogen-bond acceptors (Lipinski definition) is 3. The summed E-state index contributed by atoms with van der Waals surface area (Å²) in [4.78, 5) is 26.9. The summed E-state index contributed by atoms with van der Waals surface area (Å²) in [5.41, 5.74) is 3.76. The highest BCUT2D eigenvalue weighted by atomic mass is 32.2. The van der Waals surface area contributed by atoms with Crippen LogP contribution in [0, 0.1) is 12.7 Å². The van der Waals surface area contributed by atoms with Gasteiger partial charge in [-0.2, -0.15) is 0 Å². The van der Waals surface area contributed by atoms with E-state index in [-0.39, 0.29) is 23.1 Å². The molecule has 1 aliphatic heterocycles. The first-order chi connectivity index (χ1) is 15.5. The van der Waals surface area contributed by atoms with Gasteiger partial charge in [0.2, 0.25) is 11.8 Å². The minimum Gasteiger partial charge on any atom is -0.326 e. The molecule has 0 aliphatic carbocycles. The zero-order valence-corrected chi connectivity index (χ0v) is 18.9. The Kier molecular flexibility index (Phi) is 6.61. The summed E-state index contributed by atoms with van der Waals surface area (Å²) < 4.78 is 14.5. The first-order valence-corrected chi connectivity index (χ1v) is 11.7. The lowest BCUT2D eigenvalue weighted by molar-refractivity contribution is -0.118. The molecule has 0 bridgehead atoms. The van der Waals surface area contributed by atoms with Crippen LogP contribution in [0.15, 0.2) is 72.8 Å². The van der Waals surface area contributed by atoms with Crippen LogP contribution in [0.3, 0.4) is 0 Å². The molecule has 3 aromatic rings. The Labute approximate surface area is 191 Å². The van der Waals surface area contributed by atoms with E-state index in [9.17, 15) is 14.0 Å². The molecule has 0 spiro atoms. The van der Waals surface area contributed by atoms with Gasteiger partial charge in [0.25, 0.3) is 0 Å². The van der Waals surface area contributed by atoms with E-state index >= 15 is 0 Å². The van der Waals surface area contributed by atoms with Gasteiger partial charge in [0.05, 0.1) is 17.4 Å². The second-order valence-electron chi connectivity index (χ2n) is 7.86. The lowest BCUT2D eigenvalue weighted by Crippen LogP contribution is -2.28. The SMILES string of the molecule is CC[C@@H](C(=O)Nc1ccc([C@@H]2SCC(=O)N2c2cc(C)ccc2F)cc1)c1ccccc1. The van der Waals surface area contributed by atoms with Crippen LogP contribution in [0.2, 0.25) is 0 Å². The van der Waals surface area contributed by atoms with Gasteiger partial charge in [0, 0.05) is 5.69 Å². The molecule has 4 rings (SSSR count). The Morgan fingerprint density at radius 1 is 1.12 bits per heavy atom. The Morgan fingerprint density at radius 2 is 1.84 bits per heavy atom. The van der Waals surface area contributed by atoms with E-state index in [1.54, 1.807) is 12.1 Å². The van der Waals surface area contributed by atoms with E-state index in [1.165, 1.54) is 22.7 Å². The number of thioether (sulfide) groups is 1. The second-order valence-corrected chi connectivity index (χ2v) is 8.93. The average Bonchev–Trinajstić information content (AvgIpc) is 3.18. The number of nitrogens with zero attached hydrogens (tertiary/aromatic N) is 1. The molecule has 4 nitrogen and oxygen atoms in total. The van der Waals surface area contributed by atoms with Crippen LogP contribution >= 0.6 is 11.8 Å².